The molecular formula is C15H20N2. The van der Waals surface area contributed by atoms with E-state index in [1.807, 2.05) is 18.2 Å². The van der Waals surface area contributed by atoms with Crippen LogP contribution in [0.4, 0.5) is 0 Å². The molecule has 90 valence electrons. The van der Waals surface area contributed by atoms with E-state index in [0.717, 1.165) is 17.6 Å². The molecule has 2 rings (SSSR count). The van der Waals surface area contributed by atoms with Crippen LogP contribution in [-0.2, 0) is 0 Å². The van der Waals surface area contributed by atoms with Gasteiger partial charge in [-0.2, -0.15) is 0 Å². The molecule has 1 atom stereocenters. The summed E-state index contributed by atoms with van der Waals surface area (Å²) < 4.78 is 0. The van der Waals surface area contributed by atoms with E-state index in [1.54, 1.807) is 0 Å². The van der Waals surface area contributed by atoms with Crippen molar-refractivity contribution in [1.29, 1.82) is 0 Å². The Balaban J connectivity index is 2.12. The fraction of sp³-hybridized carbons (Fsp3) is 0.400. The number of fused-ring (bicyclic) bond motifs is 1. The van der Waals surface area contributed by atoms with Gasteiger partial charge in [-0.3, -0.25) is 4.98 Å². The monoisotopic (exact) mass is 228 g/mol. The van der Waals surface area contributed by atoms with Crippen LogP contribution in [0.15, 0.2) is 36.4 Å². The first-order valence-electron chi connectivity index (χ1n) is 6.42. The van der Waals surface area contributed by atoms with Gasteiger partial charge in [0.2, 0.25) is 0 Å². The van der Waals surface area contributed by atoms with Crippen molar-refractivity contribution in [2.45, 2.75) is 38.6 Å². The standard InChI is InChI=1S/C15H20N2/c1-2-3-4-8-13(16)15-11-10-12-7-5-6-9-14(12)17-15/h5-7,9-11,13H,2-4,8,16H2,1H3. The van der Waals surface area contributed by atoms with Crippen molar-refractivity contribution in [2.24, 2.45) is 5.73 Å². The molecule has 0 saturated heterocycles. The first-order chi connectivity index (χ1) is 8.31. The van der Waals surface area contributed by atoms with Crippen LogP contribution in [0.1, 0.15) is 44.3 Å². The van der Waals surface area contributed by atoms with E-state index in [2.05, 4.69) is 30.1 Å². The Hall–Kier alpha value is -1.41. The Morgan fingerprint density at radius 1 is 1.12 bits per heavy atom. The summed E-state index contributed by atoms with van der Waals surface area (Å²) in [5.41, 5.74) is 8.22. The molecule has 0 aliphatic heterocycles. The zero-order valence-corrected chi connectivity index (χ0v) is 10.4. The highest BCUT2D eigenvalue weighted by atomic mass is 14.8. The Bertz CT molecular complexity index is 479. The number of aromatic nitrogens is 1. The zero-order valence-electron chi connectivity index (χ0n) is 10.4. The van der Waals surface area contributed by atoms with Crippen molar-refractivity contribution >= 4 is 10.9 Å². The fourth-order valence-corrected chi connectivity index (χ4v) is 2.05. The van der Waals surface area contributed by atoms with E-state index >= 15 is 0 Å². The van der Waals surface area contributed by atoms with Crippen molar-refractivity contribution in [3.05, 3.63) is 42.1 Å². The Morgan fingerprint density at radius 3 is 2.76 bits per heavy atom. The largest absolute Gasteiger partial charge is 0.323 e. The number of para-hydroxylation sites is 1. The normalized spacial score (nSPS) is 12.8. The second kappa shape index (κ2) is 5.78. The molecule has 2 aromatic rings. The summed E-state index contributed by atoms with van der Waals surface area (Å²) in [4.78, 5) is 4.63. The molecule has 0 saturated carbocycles. The molecule has 0 amide bonds. The number of hydrogen-bond donors (Lipinski definition) is 1. The lowest BCUT2D eigenvalue weighted by Crippen LogP contribution is -2.11. The molecule has 17 heavy (non-hydrogen) atoms. The van der Waals surface area contributed by atoms with E-state index in [1.165, 1.54) is 24.6 Å². The van der Waals surface area contributed by atoms with Crippen LogP contribution >= 0.6 is 0 Å². The molecule has 2 N–H and O–H groups in total. The molecule has 2 nitrogen and oxygen atoms in total. The highest BCUT2D eigenvalue weighted by molar-refractivity contribution is 5.78. The van der Waals surface area contributed by atoms with Crippen LogP contribution < -0.4 is 5.73 Å². The fourth-order valence-electron chi connectivity index (χ4n) is 2.05. The number of nitrogens with zero attached hydrogens (tertiary/aromatic N) is 1. The molecule has 0 radical (unpaired) electrons. The van der Waals surface area contributed by atoms with Crippen LogP contribution in [0.5, 0.6) is 0 Å². The third-order valence-electron chi connectivity index (χ3n) is 3.12. The summed E-state index contributed by atoms with van der Waals surface area (Å²) in [7, 11) is 0. The number of pyridine rings is 1. The topological polar surface area (TPSA) is 38.9 Å². The lowest BCUT2D eigenvalue weighted by Gasteiger charge is -2.11. The van der Waals surface area contributed by atoms with Gasteiger partial charge in [0.05, 0.1) is 11.2 Å². The Morgan fingerprint density at radius 2 is 1.94 bits per heavy atom. The summed E-state index contributed by atoms with van der Waals surface area (Å²) in [6.45, 7) is 2.21. The Kier molecular flexibility index (Phi) is 4.10. The molecule has 0 bridgehead atoms. The predicted molar refractivity (Wildman–Crippen MR) is 72.8 cm³/mol. The van der Waals surface area contributed by atoms with Crippen molar-refractivity contribution in [3.8, 4) is 0 Å². The Labute approximate surface area is 103 Å². The van der Waals surface area contributed by atoms with Crippen molar-refractivity contribution in [3.63, 3.8) is 0 Å². The smallest absolute Gasteiger partial charge is 0.0706 e. The van der Waals surface area contributed by atoms with E-state index in [0.29, 0.717) is 0 Å². The van der Waals surface area contributed by atoms with Gasteiger partial charge in [-0.05, 0) is 18.6 Å². The van der Waals surface area contributed by atoms with E-state index in [4.69, 9.17) is 5.73 Å². The number of benzene rings is 1. The molecular weight excluding hydrogens is 208 g/mol. The van der Waals surface area contributed by atoms with Gasteiger partial charge < -0.3 is 5.73 Å². The molecule has 1 aromatic heterocycles. The molecule has 0 aliphatic carbocycles. The minimum absolute atomic E-state index is 0.0751. The minimum Gasteiger partial charge on any atom is -0.323 e. The van der Waals surface area contributed by atoms with Crippen LogP contribution in [0.2, 0.25) is 0 Å². The molecule has 1 unspecified atom stereocenters. The van der Waals surface area contributed by atoms with Crippen molar-refractivity contribution < 1.29 is 0 Å². The second-order valence-corrected chi connectivity index (χ2v) is 4.53. The maximum Gasteiger partial charge on any atom is 0.0706 e. The van der Waals surface area contributed by atoms with Crippen LogP contribution in [0, 0.1) is 0 Å². The van der Waals surface area contributed by atoms with Gasteiger partial charge >= 0.3 is 0 Å². The van der Waals surface area contributed by atoms with Gasteiger partial charge in [0.15, 0.2) is 0 Å². The van der Waals surface area contributed by atoms with Crippen LogP contribution in [0.25, 0.3) is 10.9 Å². The lowest BCUT2D eigenvalue weighted by molar-refractivity contribution is 0.572. The quantitative estimate of drug-likeness (QED) is 0.790. The summed E-state index contributed by atoms with van der Waals surface area (Å²) in [5.74, 6) is 0. The van der Waals surface area contributed by atoms with Gasteiger partial charge in [-0.1, -0.05) is 50.5 Å². The van der Waals surface area contributed by atoms with Gasteiger partial charge in [0.1, 0.15) is 0 Å². The predicted octanol–water partition coefficient (Wildman–Crippen LogP) is 3.81. The number of hydrogen-bond acceptors (Lipinski definition) is 2. The molecule has 1 heterocycles. The maximum atomic E-state index is 6.16. The average molecular weight is 228 g/mol. The molecule has 2 heteroatoms. The van der Waals surface area contributed by atoms with Gasteiger partial charge in [0, 0.05) is 11.4 Å². The minimum atomic E-state index is 0.0751. The van der Waals surface area contributed by atoms with Crippen LogP contribution in [-0.4, -0.2) is 4.98 Å². The highest BCUT2D eigenvalue weighted by Gasteiger charge is 2.07. The SMILES string of the molecule is CCCCCC(N)c1ccc2ccccc2n1. The number of rotatable bonds is 5. The van der Waals surface area contributed by atoms with Gasteiger partial charge in [0.25, 0.3) is 0 Å². The van der Waals surface area contributed by atoms with E-state index in [-0.39, 0.29) is 6.04 Å². The molecule has 0 fully saturated rings. The summed E-state index contributed by atoms with van der Waals surface area (Å²) in [6, 6.07) is 12.4. The maximum absolute atomic E-state index is 6.16. The average Bonchev–Trinajstić information content (AvgIpc) is 2.38. The second-order valence-electron chi connectivity index (χ2n) is 4.53. The molecule has 0 spiro atoms. The van der Waals surface area contributed by atoms with Gasteiger partial charge in [-0.25, -0.2) is 0 Å². The number of nitrogens with two attached hydrogens (primary N) is 1. The van der Waals surface area contributed by atoms with E-state index < -0.39 is 0 Å². The molecule has 0 aliphatic rings. The third-order valence-corrected chi connectivity index (χ3v) is 3.12. The highest BCUT2D eigenvalue weighted by Crippen LogP contribution is 2.19. The van der Waals surface area contributed by atoms with Crippen molar-refractivity contribution in [1.82, 2.24) is 4.98 Å². The van der Waals surface area contributed by atoms with E-state index in [9.17, 15) is 0 Å². The zero-order chi connectivity index (χ0) is 12.1. The summed E-state index contributed by atoms with van der Waals surface area (Å²) >= 11 is 0. The molecule has 1 aromatic carbocycles. The summed E-state index contributed by atoms with van der Waals surface area (Å²) in [5, 5.41) is 1.18. The van der Waals surface area contributed by atoms with Crippen LogP contribution in [0.3, 0.4) is 0 Å². The third kappa shape index (κ3) is 3.04. The number of unbranched alkanes of at least 4 members (excludes halogenated alkanes) is 2. The van der Waals surface area contributed by atoms with Gasteiger partial charge in [-0.15, -0.1) is 0 Å². The first kappa shape index (κ1) is 12.1. The summed E-state index contributed by atoms with van der Waals surface area (Å²) in [6.07, 6.45) is 4.70. The first-order valence-corrected chi connectivity index (χ1v) is 6.42. The van der Waals surface area contributed by atoms with Crippen molar-refractivity contribution in [2.75, 3.05) is 0 Å². The lowest BCUT2D eigenvalue weighted by atomic mass is 10.0.